The maximum Gasteiger partial charge on any atom is 0.408 e. The maximum absolute atomic E-state index is 12.4. The molecule has 2 aromatic carbocycles. The minimum atomic E-state index is -1.15. The van der Waals surface area contributed by atoms with Crippen LogP contribution in [0.2, 0.25) is 0 Å². The molecule has 1 amide bonds. The van der Waals surface area contributed by atoms with E-state index in [0.29, 0.717) is 11.1 Å². The van der Waals surface area contributed by atoms with E-state index in [1.807, 2.05) is 18.2 Å². The molecule has 0 saturated carbocycles. The number of nitrogens with one attached hydrogen (secondary N) is 1. The second kappa shape index (κ2) is 8.64. The van der Waals surface area contributed by atoms with Crippen molar-refractivity contribution in [3.63, 3.8) is 0 Å². The lowest BCUT2D eigenvalue weighted by atomic mass is 9.85. The highest BCUT2D eigenvalue weighted by Crippen LogP contribution is 2.33. The lowest BCUT2D eigenvalue weighted by molar-refractivity contribution is -0.534. The summed E-state index contributed by atoms with van der Waals surface area (Å²) in [7, 11) is 0. The molecule has 156 valence electrons. The summed E-state index contributed by atoms with van der Waals surface area (Å²) in [5, 5.41) is 14.8. The van der Waals surface area contributed by atoms with E-state index in [1.165, 1.54) is 0 Å². The molecule has 0 unspecified atom stereocenters. The first-order valence-corrected chi connectivity index (χ1v) is 9.67. The number of alkyl carbamates (subject to hydrolysis) is 1. The quantitative estimate of drug-likeness (QED) is 0.527. The van der Waals surface area contributed by atoms with Gasteiger partial charge in [0.05, 0.1) is 0 Å². The fraction of sp³-hybridized carbons (Fsp3) is 0.435. The van der Waals surface area contributed by atoms with Gasteiger partial charge in [-0.2, -0.15) is 0 Å². The average Bonchev–Trinajstić information content (AvgIpc) is 2.60. The number of nitro groups is 1. The van der Waals surface area contributed by atoms with Gasteiger partial charge in [0.1, 0.15) is 11.6 Å². The lowest BCUT2D eigenvalue weighted by Gasteiger charge is -2.26. The standard InChI is InChI=1S/C23H30N2O4/c1-22(2,3)18-14-12-17(13-15-18)20(25(27)28)19(16-10-8-7-9-11-16)24-21(26)29-23(4,5)6/h7-15,19-20H,1-6H3,(H,24,26)/t19-,20+/m1/s1. The van der Waals surface area contributed by atoms with Crippen molar-refractivity contribution >= 4 is 6.09 Å². The van der Waals surface area contributed by atoms with E-state index in [2.05, 4.69) is 26.1 Å². The maximum atomic E-state index is 12.4. The van der Waals surface area contributed by atoms with Crippen molar-refractivity contribution in [1.82, 2.24) is 5.32 Å². The largest absolute Gasteiger partial charge is 0.444 e. The van der Waals surface area contributed by atoms with Gasteiger partial charge in [-0.05, 0) is 37.3 Å². The van der Waals surface area contributed by atoms with Gasteiger partial charge in [-0.3, -0.25) is 10.1 Å². The third-order valence-electron chi connectivity index (χ3n) is 4.49. The zero-order valence-corrected chi connectivity index (χ0v) is 17.9. The smallest absolute Gasteiger partial charge is 0.408 e. The number of benzene rings is 2. The van der Waals surface area contributed by atoms with Gasteiger partial charge in [-0.25, -0.2) is 4.79 Å². The Labute approximate surface area is 172 Å². The molecule has 2 atom stereocenters. The molecular weight excluding hydrogens is 368 g/mol. The lowest BCUT2D eigenvalue weighted by Crippen LogP contribution is -2.39. The molecule has 0 aliphatic heterocycles. The van der Waals surface area contributed by atoms with Crippen LogP contribution >= 0.6 is 0 Å². The zero-order chi connectivity index (χ0) is 21.8. The minimum Gasteiger partial charge on any atom is -0.444 e. The van der Waals surface area contributed by atoms with Gasteiger partial charge < -0.3 is 10.1 Å². The number of amides is 1. The van der Waals surface area contributed by atoms with Crippen LogP contribution in [0, 0.1) is 10.1 Å². The van der Waals surface area contributed by atoms with Crippen LogP contribution < -0.4 is 5.32 Å². The summed E-state index contributed by atoms with van der Waals surface area (Å²) in [5.74, 6) is 0. The predicted molar refractivity (Wildman–Crippen MR) is 113 cm³/mol. The Hall–Kier alpha value is -2.89. The molecule has 0 spiro atoms. The fourth-order valence-corrected chi connectivity index (χ4v) is 3.06. The van der Waals surface area contributed by atoms with E-state index in [0.717, 1.165) is 5.56 Å². The van der Waals surface area contributed by atoms with Crippen LogP contribution in [0.15, 0.2) is 54.6 Å². The van der Waals surface area contributed by atoms with Crippen LogP contribution in [0.1, 0.15) is 70.3 Å². The third-order valence-corrected chi connectivity index (χ3v) is 4.49. The van der Waals surface area contributed by atoms with Crippen molar-refractivity contribution in [2.45, 2.75) is 64.6 Å². The van der Waals surface area contributed by atoms with Crippen LogP contribution in [0.5, 0.6) is 0 Å². The summed E-state index contributed by atoms with van der Waals surface area (Å²) < 4.78 is 5.35. The topological polar surface area (TPSA) is 81.5 Å². The Morgan fingerprint density at radius 3 is 1.93 bits per heavy atom. The molecule has 0 saturated heterocycles. The first-order valence-electron chi connectivity index (χ1n) is 9.67. The average molecular weight is 399 g/mol. The minimum absolute atomic E-state index is 0.0593. The van der Waals surface area contributed by atoms with E-state index in [-0.39, 0.29) is 10.3 Å². The number of hydrogen-bond donors (Lipinski definition) is 1. The molecule has 0 bridgehead atoms. The SMILES string of the molecule is CC(C)(C)OC(=O)N[C@H](c1ccccc1)[C@H](c1ccc(C(C)(C)C)cc1)[N+](=O)[O-]. The Kier molecular flexibility index (Phi) is 6.67. The van der Waals surface area contributed by atoms with E-state index in [4.69, 9.17) is 4.74 Å². The second-order valence-corrected chi connectivity index (χ2v) is 9.14. The van der Waals surface area contributed by atoms with Gasteiger partial charge >= 0.3 is 6.09 Å². The van der Waals surface area contributed by atoms with Crippen LogP contribution in [0.3, 0.4) is 0 Å². The van der Waals surface area contributed by atoms with Crippen LogP contribution in [0.25, 0.3) is 0 Å². The zero-order valence-electron chi connectivity index (χ0n) is 17.9. The number of ether oxygens (including phenoxy) is 1. The van der Waals surface area contributed by atoms with E-state index in [1.54, 1.807) is 57.2 Å². The highest BCUT2D eigenvalue weighted by atomic mass is 16.6. The molecule has 0 fully saturated rings. The summed E-state index contributed by atoms with van der Waals surface area (Å²) in [6, 6.07) is 14.2. The molecule has 0 radical (unpaired) electrons. The number of carbonyl (C=O) groups excluding carboxylic acids is 1. The summed E-state index contributed by atoms with van der Waals surface area (Å²) in [6.07, 6.45) is -0.690. The van der Waals surface area contributed by atoms with E-state index in [9.17, 15) is 14.9 Å². The molecule has 0 aromatic heterocycles. The van der Waals surface area contributed by atoms with Crippen molar-refractivity contribution in [3.8, 4) is 0 Å². The Morgan fingerprint density at radius 1 is 0.931 bits per heavy atom. The molecule has 0 heterocycles. The highest BCUT2D eigenvalue weighted by molar-refractivity contribution is 5.68. The summed E-state index contributed by atoms with van der Waals surface area (Å²) >= 11 is 0. The second-order valence-electron chi connectivity index (χ2n) is 9.14. The fourth-order valence-electron chi connectivity index (χ4n) is 3.06. The highest BCUT2D eigenvalue weighted by Gasteiger charge is 2.37. The molecule has 0 aliphatic rings. The Bertz CT molecular complexity index is 834. The monoisotopic (exact) mass is 398 g/mol. The summed E-state index contributed by atoms with van der Waals surface area (Å²) in [6.45, 7) is 11.5. The van der Waals surface area contributed by atoms with Crippen molar-refractivity contribution in [2.24, 2.45) is 0 Å². The number of nitrogens with zero attached hydrogens (tertiary/aromatic N) is 1. The van der Waals surface area contributed by atoms with Crippen molar-refractivity contribution < 1.29 is 14.5 Å². The van der Waals surface area contributed by atoms with Gasteiger partial charge in [0.25, 0.3) is 6.04 Å². The predicted octanol–water partition coefficient (Wildman–Crippen LogP) is 5.57. The normalized spacial score (nSPS) is 14.0. The Morgan fingerprint density at radius 2 is 1.48 bits per heavy atom. The van der Waals surface area contributed by atoms with Crippen molar-refractivity contribution in [2.75, 3.05) is 0 Å². The van der Waals surface area contributed by atoms with Gasteiger partial charge in [0, 0.05) is 10.5 Å². The van der Waals surface area contributed by atoms with Gasteiger partial charge in [-0.1, -0.05) is 75.4 Å². The molecule has 1 N–H and O–H groups in total. The van der Waals surface area contributed by atoms with Crippen LogP contribution in [0.4, 0.5) is 4.79 Å². The summed E-state index contributed by atoms with van der Waals surface area (Å²) in [5.41, 5.74) is 1.48. The van der Waals surface area contributed by atoms with Crippen LogP contribution in [-0.4, -0.2) is 16.6 Å². The number of rotatable bonds is 5. The molecular formula is C23H30N2O4. The van der Waals surface area contributed by atoms with Crippen molar-refractivity contribution in [3.05, 3.63) is 81.4 Å². The van der Waals surface area contributed by atoms with Crippen molar-refractivity contribution in [1.29, 1.82) is 0 Å². The molecule has 2 aromatic rings. The molecule has 0 aliphatic carbocycles. The molecule has 2 rings (SSSR count). The first-order chi connectivity index (χ1) is 13.4. The van der Waals surface area contributed by atoms with E-state index >= 15 is 0 Å². The molecule has 6 heteroatoms. The molecule has 6 nitrogen and oxygen atoms in total. The van der Waals surface area contributed by atoms with Gasteiger partial charge in [-0.15, -0.1) is 0 Å². The third kappa shape index (κ3) is 6.31. The van der Waals surface area contributed by atoms with Gasteiger partial charge in [0.15, 0.2) is 0 Å². The van der Waals surface area contributed by atoms with Crippen LogP contribution in [-0.2, 0) is 10.2 Å². The number of carbonyl (C=O) groups is 1. The van der Waals surface area contributed by atoms with Gasteiger partial charge in [0.2, 0.25) is 0 Å². The number of hydrogen-bond acceptors (Lipinski definition) is 4. The molecule has 29 heavy (non-hydrogen) atoms. The first kappa shape index (κ1) is 22.4. The summed E-state index contributed by atoms with van der Waals surface area (Å²) in [4.78, 5) is 24.1. The Balaban J connectivity index is 2.44. The van der Waals surface area contributed by atoms with E-state index < -0.39 is 23.8 Å².